The average Bonchev–Trinajstić information content (AvgIpc) is 3.22. The molecule has 1 aromatic rings. The Morgan fingerprint density at radius 2 is 2.15 bits per heavy atom. The molecule has 2 aliphatic rings. The van der Waals surface area contributed by atoms with Crippen molar-refractivity contribution in [1.82, 2.24) is 5.32 Å². The maximum absolute atomic E-state index is 12.1. The maximum Gasteiger partial charge on any atom is 0.340 e. The van der Waals surface area contributed by atoms with Gasteiger partial charge in [0.2, 0.25) is 0 Å². The summed E-state index contributed by atoms with van der Waals surface area (Å²) in [6.45, 7) is 1.60. The fourth-order valence-corrected chi connectivity index (χ4v) is 4.37. The van der Waals surface area contributed by atoms with Gasteiger partial charge in [-0.25, -0.2) is 4.79 Å². The summed E-state index contributed by atoms with van der Waals surface area (Å²) in [6.07, 6.45) is 4.96. The number of nitrogens with zero attached hydrogens (tertiary/aromatic N) is 1. The Bertz CT molecular complexity index is 736. The van der Waals surface area contributed by atoms with Crippen LogP contribution in [0.2, 0.25) is 0 Å². The van der Waals surface area contributed by atoms with Crippen molar-refractivity contribution in [3.8, 4) is 0 Å². The summed E-state index contributed by atoms with van der Waals surface area (Å²) < 4.78 is 5.00. The topological polar surface area (TPSA) is 125 Å². The van der Waals surface area contributed by atoms with Gasteiger partial charge in [0.1, 0.15) is 0 Å². The van der Waals surface area contributed by atoms with Gasteiger partial charge >= 0.3 is 5.97 Å². The number of hydrogen-bond acceptors (Lipinski definition) is 6. The number of nitrogens with one attached hydrogen (secondary N) is 1. The zero-order chi connectivity index (χ0) is 18.8. The van der Waals surface area contributed by atoms with Gasteiger partial charge in [-0.2, -0.15) is 0 Å². The Morgan fingerprint density at radius 1 is 1.38 bits per heavy atom. The number of rotatable bonds is 6. The molecule has 0 spiro atoms. The third kappa shape index (κ3) is 3.79. The number of amides is 1. The highest BCUT2D eigenvalue weighted by Crippen LogP contribution is 2.49. The lowest BCUT2D eigenvalue weighted by atomic mass is 9.84. The van der Waals surface area contributed by atoms with Crippen molar-refractivity contribution >= 4 is 23.3 Å². The van der Waals surface area contributed by atoms with E-state index in [9.17, 15) is 19.7 Å². The number of esters is 1. The van der Waals surface area contributed by atoms with Crippen LogP contribution in [0, 0.1) is 27.9 Å². The van der Waals surface area contributed by atoms with E-state index in [4.69, 9.17) is 10.5 Å². The van der Waals surface area contributed by atoms with Gasteiger partial charge in [-0.3, -0.25) is 14.9 Å². The van der Waals surface area contributed by atoms with Gasteiger partial charge in [-0.05, 0) is 50.0 Å². The highest BCUT2D eigenvalue weighted by atomic mass is 16.6. The monoisotopic (exact) mass is 361 g/mol. The Morgan fingerprint density at radius 3 is 2.73 bits per heavy atom. The fraction of sp³-hybridized carbons (Fsp3) is 0.556. The second-order valence-electron chi connectivity index (χ2n) is 7.30. The number of carbonyl (C=O) groups is 2. The third-order valence-electron chi connectivity index (χ3n) is 5.62. The minimum Gasteiger partial charge on any atom is -0.452 e. The first-order valence-electron chi connectivity index (χ1n) is 8.85. The van der Waals surface area contributed by atoms with Crippen LogP contribution in [0.15, 0.2) is 18.2 Å². The van der Waals surface area contributed by atoms with Crippen LogP contribution in [-0.2, 0) is 9.53 Å². The lowest BCUT2D eigenvalue weighted by Crippen LogP contribution is -2.42. The number of nitro benzene ring substituents is 1. The average molecular weight is 361 g/mol. The molecule has 8 nitrogen and oxygen atoms in total. The van der Waals surface area contributed by atoms with E-state index >= 15 is 0 Å². The summed E-state index contributed by atoms with van der Waals surface area (Å²) in [5.74, 6) is 0.859. The molecule has 0 unspecified atom stereocenters. The molecule has 140 valence electrons. The number of benzene rings is 1. The summed E-state index contributed by atoms with van der Waals surface area (Å²) >= 11 is 0. The van der Waals surface area contributed by atoms with Gasteiger partial charge in [0.25, 0.3) is 11.6 Å². The molecule has 3 rings (SSSR count). The molecule has 3 N–H and O–H groups in total. The predicted octanol–water partition coefficient (Wildman–Crippen LogP) is 2.27. The molecule has 2 fully saturated rings. The smallest absolute Gasteiger partial charge is 0.340 e. The number of carbonyl (C=O) groups excluding carboxylic acids is 2. The van der Waals surface area contributed by atoms with Crippen molar-refractivity contribution in [3.63, 3.8) is 0 Å². The molecular formula is C18H23N3O5. The molecular weight excluding hydrogens is 338 g/mol. The van der Waals surface area contributed by atoms with Crippen molar-refractivity contribution in [2.45, 2.75) is 38.6 Å². The molecule has 1 amide bonds. The predicted molar refractivity (Wildman–Crippen MR) is 94.3 cm³/mol. The molecule has 4 atom stereocenters. The second-order valence-corrected chi connectivity index (χ2v) is 7.30. The summed E-state index contributed by atoms with van der Waals surface area (Å²) in [4.78, 5) is 34.2. The van der Waals surface area contributed by atoms with E-state index in [1.807, 2.05) is 6.92 Å². The molecule has 1 aromatic carbocycles. The molecule has 0 saturated heterocycles. The molecule has 0 heterocycles. The molecule has 0 radical (unpaired) electrons. The Hall–Kier alpha value is -2.64. The Labute approximate surface area is 151 Å². The molecule has 2 aliphatic carbocycles. The molecule has 26 heavy (non-hydrogen) atoms. The van der Waals surface area contributed by atoms with Gasteiger partial charge in [-0.1, -0.05) is 6.42 Å². The highest BCUT2D eigenvalue weighted by molar-refractivity contribution is 5.96. The number of nitrogens with two attached hydrogens (primary N) is 1. The van der Waals surface area contributed by atoms with Crippen LogP contribution in [0.1, 0.15) is 43.0 Å². The fourth-order valence-electron chi connectivity index (χ4n) is 4.37. The molecule has 0 aromatic heterocycles. The summed E-state index contributed by atoms with van der Waals surface area (Å²) in [5, 5.41) is 13.6. The maximum atomic E-state index is 12.1. The van der Waals surface area contributed by atoms with Crippen LogP contribution in [0.25, 0.3) is 0 Å². The minimum absolute atomic E-state index is 0.00421. The van der Waals surface area contributed by atoms with Gasteiger partial charge < -0.3 is 15.8 Å². The van der Waals surface area contributed by atoms with Crippen molar-refractivity contribution in [2.24, 2.45) is 17.8 Å². The van der Waals surface area contributed by atoms with Gasteiger partial charge in [0.05, 0.1) is 16.2 Å². The summed E-state index contributed by atoms with van der Waals surface area (Å²) in [5.41, 5.74) is 5.40. The quantitative estimate of drug-likeness (QED) is 0.347. The Kier molecular flexibility index (Phi) is 5.11. The zero-order valence-corrected chi connectivity index (χ0v) is 14.6. The van der Waals surface area contributed by atoms with Crippen LogP contribution in [0.4, 0.5) is 11.4 Å². The minimum atomic E-state index is -0.778. The van der Waals surface area contributed by atoms with Crippen molar-refractivity contribution in [1.29, 1.82) is 0 Å². The molecule has 8 heteroatoms. The van der Waals surface area contributed by atoms with Crippen molar-refractivity contribution < 1.29 is 19.2 Å². The van der Waals surface area contributed by atoms with Crippen LogP contribution < -0.4 is 11.1 Å². The second kappa shape index (κ2) is 7.31. The normalized spacial score (nSPS) is 24.9. The number of ether oxygens (including phenoxy) is 1. The summed E-state index contributed by atoms with van der Waals surface area (Å²) in [7, 11) is 0. The van der Waals surface area contributed by atoms with E-state index in [1.54, 1.807) is 0 Å². The molecule has 2 saturated carbocycles. The lowest BCUT2D eigenvalue weighted by Gasteiger charge is -2.28. The van der Waals surface area contributed by atoms with E-state index in [2.05, 4.69) is 5.32 Å². The zero-order valence-electron chi connectivity index (χ0n) is 14.6. The van der Waals surface area contributed by atoms with E-state index in [-0.39, 0.29) is 28.9 Å². The largest absolute Gasteiger partial charge is 0.452 e. The van der Waals surface area contributed by atoms with Crippen molar-refractivity contribution in [2.75, 3.05) is 12.3 Å². The molecule has 2 bridgehead atoms. The van der Waals surface area contributed by atoms with E-state index in [0.717, 1.165) is 18.4 Å². The number of non-ortho nitro benzene ring substituents is 1. The van der Waals surface area contributed by atoms with Gasteiger partial charge in [-0.15, -0.1) is 0 Å². The van der Waals surface area contributed by atoms with Crippen LogP contribution in [0.3, 0.4) is 0 Å². The highest BCUT2D eigenvalue weighted by Gasteiger charge is 2.42. The summed E-state index contributed by atoms with van der Waals surface area (Å²) in [6, 6.07) is 3.55. The first-order valence-corrected chi connectivity index (χ1v) is 8.85. The number of anilines is 1. The Balaban J connectivity index is 1.49. The van der Waals surface area contributed by atoms with Crippen LogP contribution >= 0.6 is 0 Å². The van der Waals surface area contributed by atoms with Crippen LogP contribution in [0.5, 0.6) is 0 Å². The van der Waals surface area contributed by atoms with Gasteiger partial charge in [0.15, 0.2) is 6.61 Å². The molecule has 0 aliphatic heterocycles. The van der Waals surface area contributed by atoms with Gasteiger partial charge in [0, 0.05) is 18.2 Å². The number of nitrogen functional groups attached to an aromatic ring is 1. The van der Waals surface area contributed by atoms with E-state index in [0.29, 0.717) is 11.8 Å². The third-order valence-corrected chi connectivity index (χ3v) is 5.62. The first kappa shape index (κ1) is 18.2. The van der Waals surface area contributed by atoms with E-state index < -0.39 is 17.5 Å². The van der Waals surface area contributed by atoms with Crippen LogP contribution in [-0.4, -0.2) is 29.4 Å². The lowest BCUT2D eigenvalue weighted by molar-refractivity contribution is -0.384. The SMILES string of the molecule is C[C@H](NC(=O)COC(=O)c1ccc([N+](=O)[O-])cc1N)[C@@H]1C[C@H]2CC[C@H]1C2. The standard InChI is InChI=1S/C18H23N3O5/c1-10(15-7-11-2-3-12(15)6-11)20-17(22)9-26-18(23)14-5-4-13(21(24)25)8-16(14)19/h4-5,8,10-12,15H,2-3,6-7,9,19H2,1H3,(H,20,22)/t10-,11-,12-,15-/m0/s1. The number of fused-ring (bicyclic) bond motifs is 2. The number of nitro groups is 1. The number of hydrogen-bond donors (Lipinski definition) is 2. The first-order chi connectivity index (χ1) is 12.3. The van der Waals surface area contributed by atoms with E-state index in [1.165, 1.54) is 31.4 Å². The van der Waals surface area contributed by atoms with Crippen molar-refractivity contribution in [3.05, 3.63) is 33.9 Å².